The first-order valence-corrected chi connectivity index (χ1v) is 10.8. The molecular weight excluding hydrogens is 482 g/mol. The summed E-state index contributed by atoms with van der Waals surface area (Å²) in [5.74, 6) is -1.78. The van der Waals surface area contributed by atoms with Gasteiger partial charge in [0.1, 0.15) is 48.2 Å². The molecule has 188 valence electrons. The number of hydrogen-bond acceptors (Lipinski definition) is 6. The standard InChI is InChI=1S/C29H22F2O6/c1-4-28(32)36-15-13-34-22-8-5-20(6-9-22)24-11-7-21(17-26(24)30)25-12-10-23(18-27(25)31)35-14-16-37-29(33)19(2)3/h4-18H,1-2H2,3H3. The van der Waals surface area contributed by atoms with Gasteiger partial charge < -0.3 is 18.9 Å². The van der Waals surface area contributed by atoms with Gasteiger partial charge >= 0.3 is 11.9 Å². The topological polar surface area (TPSA) is 71.1 Å². The van der Waals surface area contributed by atoms with Crippen LogP contribution >= 0.6 is 0 Å². The summed E-state index contributed by atoms with van der Waals surface area (Å²) >= 11 is 0. The third kappa shape index (κ3) is 7.50. The van der Waals surface area contributed by atoms with E-state index in [4.69, 9.17) is 14.2 Å². The van der Waals surface area contributed by atoms with Crippen molar-refractivity contribution in [1.29, 1.82) is 0 Å². The Morgan fingerprint density at radius 1 is 0.730 bits per heavy atom. The van der Waals surface area contributed by atoms with E-state index < -0.39 is 23.6 Å². The van der Waals surface area contributed by atoms with Crippen molar-refractivity contribution in [2.24, 2.45) is 0 Å². The molecule has 0 heterocycles. The average molecular weight is 504 g/mol. The van der Waals surface area contributed by atoms with Gasteiger partial charge in [0.15, 0.2) is 0 Å². The lowest BCUT2D eigenvalue weighted by Gasteiger charge is -2.09. The minimum absolute atomic E-state index is 0.164. The maximum Gasteiger partial charge on any atom is 0.338 e. The largest absolute Gasteiger partial charge is 0.462 e. The fourth-order valence-electron chi connectivity index (χ4n) is 2.98. The molecule has 0 aliphatic heterocycles. The molecule has 0 aliphatic rings. The first kappa shape index (κ1) is 26.6. The average Bonchev–Trinajstić information content (AvgIpc) is 2.89. The highest BCUT2D eigenvalue weighted by atomic mass is 19.1. The van der Waals surface area contributed by atoms with Gasteiger partial charge in [0.05, 0.1) is 0 Å². The van der Waals surface area contributed by atoms with Gasteiger partial charge in [-0.05, 0) is 48.4 Å². The lowest BCUT2D eigenvalue weighted by atomic mass is 9.99. The molecule has 0 radical (unpaired) electrons. The lowest BCUT2D eigenvalue weighted by molar-refractivity contribution is -0.134. The zero-order valence-corrected chi connectivity index (χ0v) is 19.8. The number of carbonyl (C=O) groups is 2. The highest BCUT2D eigenvalue weighted by Crippen LogP contribution is 2.31. The summed E-state index contributed by atoms with van der Waals surface area (Å²) in [7, 11) is 0. The number of carbonyl (C=O) groups excluding carboxylic acids is 2. The molecule has 6 nitrogen and oxygen atoms in total. The number of benzene rings is 3. The van der Waals surface area contributed by atoms with Crippen LogP contribution in [0.2, 0.25) is 0 Å². The lowest BCUT2D eigenvalue weighted by Crippen LogP contribution is -1.99. The van der Waals surface area contributed by atoms with E-state index in [-0.39, 0.29) is 16.9 Å². The van der Waals surface area contributed by atoms with E-state index in [1.807, 2.05) is 0 Å². The Labute approximate surface area is 212 Å². The van der Waals surface area contributed by atoms with Crippen LogP contribution in [0.3, 0.4) is 0 Å². The van der Waals surface area contributed by atoms with Crippen LogP contribution in [0.5, 0.6) is 11.5 Å². The van der Waals surface area contributed by atoms with E-state index in [2.05, 4.69) is 17.9 Å². The normalized spacial score (nSPS) is 10.8. The fourth-order valence-corrected chi connectivity index (χ4v) is 2.98. The monoisotopic (exact) mass is 504 g/mol. The highest BCUT2D eigenvalue weighted by Gasteiger charge is 2.12. The van der Waals surface area contributed by atoms with Crippen LogP contribution in [-0.2, 0) is 19.1 Å². The van der Waals surface area contributed by atoms with Crippen molar-refractivity contribution in [1.82, 2.24) is 0 Å². The number of hydrogen-bond donors (Lipinski definition) is 0. The molecule has 0 atom stereocenters. The van der Waals surface area contributed by atoms with Crippen molar-refractivity contribution >= 4 is 11.9 Å². The van der Waals surface area contributed by atoms with Gasteiger partial charge in [0, 0.05) is 28.8 Å². The molecule has 37 heavy (non-hydrogen) atoms. The predicted octanol–water partition coefficient (Wildman–Crippen LogP) is 6.85. The van der Waals surface area contributed by atoms with Crippen molar-refractivity contribution in [3.8, 4) is 33.8 Å². The second kappa shape index (κ2) is 12.6. The van der Waals surface area contributed by atoms with E-state index in [1.165, 1.54) is 31.4 Å². The van der Waals surface area contributed by atoms with Crippen molar-refractivity contribution < 1.29 is 37.3 Å². The third-order valence-electron chi connectivity index (χ3n) is 4.78. The van der Waals surface area contributed by atoms with Crippen molar-refractivity contribution in [3.63, 3.8) is 0 Å². The molecule has 0 aliphatic carbocycles. The fraction of sp³-hybridized carbons (Fsp3) is 0.0345. The minimum atomic E-state index is -0.620. The van der Waals surface area contributed by atoms with E-state index in [1.54, 1.807) is 36.4 Å². The smallest absolute Gasteiger partial charge is 0.338 e. The van der Waals surface area contributed by atoms with Gasteiger partial charge in [-0.15, -0.1) is 0 Å². The van der Waals surface area contributed by atoms with Crippen molar-refractivity contribution in [2.45, 2.75) is 6.92 Å². The molecule has 0 aromatic heterocycles. The summed E-state index contributed by atoms with van der Waals surface area (Å²) in [6.45, 7) is 8.22. The quantitative estimate of drug-likeness (QED) is 0.171. The maximum absolute atomic E-state index is 14.9. The number of ether oxygens (including phenoxy) is 4. The zero-order chi connectivity index (χ0) is 26.8. The summed E-state index contributed by atoms with van der Waals surface area (Å²) in [5, 5.41) is 0. The zero-order valence-electron chi connectivity index (χ0n) is 19.8. The Balaban J connectivity index is 1.67. The first-order valence-electron chi connectivity index (χ1n) is 10.8. The van der Waals surface area contributed by atoms with Crippen LogP contribution < -0.4 is 9.47 Å². The Morgan fingerprint density at radius 3 is 1.89 bits per heavy atom. The molecule has 0 spiro atoms. The Hall–Kier alpha value is -4.98. The number of halogens is 2. The first-order chi connectivity index (χ1) is 17.8. The maximum atomic E-state index is 14.9. The van der Waals surface area contributed by atoms with Gasteiger partial charge in [-0.1, -0.05) is 37.4 Å². The van der Waals surface area contributed by atoms with Crippen molar-refractivity contribution in [3.05, 3.63) is 122 Å². The molecule has 0 unspecified atom stereocenters. The van der Waals surface area contributed by atoms with Crippen LogP contribution in [-0.4, -0.2) is 11.9 Å². The van der Waals surface area contributed by atoms with Gasteiger partial charge in [-0.3, -0.25) is 0 Å². The van der Waals surface area contributed by atoms with Crippen LogP contribution in [0.25, 0.3) is 22.3 Å². The molecule has 0 bridgehead atoms. The van der Waals surface area contributed by atoms with Gasteiger partial charge in [-0.25, -0.2) is 18.4 Å². The Kier molecular flexibility index (Phi) is 9.10. The van der Waals surface area contributed by atoms with Crippen LogP contribution in [0.1, 0.15) is 6.92 Å². The highest BCUT2D eigenvalue weighted by molar-refractivity contribution is 5.87. The van der Waals surface area contributed by atoms with Crippen LogP contribution in [0.15, 0.2) is 111 Å². The summed E-state index contributed by atoms with van der Waals surface area (Å²) in [5.41, 5.74) is 1.66. The summed E-state index contributed by atoms with van der Waals surface area (Å²) in [4.78, 5) is 22.3. The van der Waals surface area contributed by atoms with Gasteiger partial charge in [0.25, 0.3) is 0 Å². The molecule has 0 N–H and O–H groups in total. The predicted molar refractivity (Wildman–Crippen MR) is 134 cm³/mol. The van der Waals surface area contributed by atoms with Gasteiger partial charge in [0.2, 0.25) is 0 Å². The van der Waals surface area contributed by atoms with Crippen LogP contribution in [0, 0.1) is 11.6 Å². The molecule has 3 rings (SSSR count). The molecule has 0 amide bonds. The summed E-state index contributed by atoms with van der Waals surface area (Å²) in [6, 6.07) is 15.1. The number of esters is 2. The third-order valence-corrected chi connectivity index (χ3v) is 4.78. The molecule has 0 fully saturated rings. The van der Waals surface area contributed by atoms with E-state index in [9.17, 15) is 18.4 Å². The van der Waals surface area contributed by atoms with Crippen LogP contribution in [0.4, 0.5) is 8.78 Å². The molecule has 3 aromatic carbocycles. The van der Waals surface area contributed by atoms with E-state index >= 15 is 0 Å². The van der Waals surface area contributed by atoms with E-state index in [0.29, 0.717) is 22.4 Å². The molecule has 3 aromatic rings. The molecule has 8 heteroatoms. The SMILES string of the molecule is C=CC(=O)OC=COc1ccc(-c2ccc(-c3ccc(OC=COC(=O)C(=C)C)cc3F)cc2F)cc1. The summed E-state index contributed by atoms with van der Waals surface area (Å²) in [6.07, 6.45) is 5.39. The van der Waals surface area contributed by atoms with E-state index in [0.717, 1.165) is 30.9 Å². The van der Waals surface area contributed by atoms with Gasteiger partial charge in [-0.2, -0.15) is 0 Å². The Bertz CT molecular complexity index is 1370. The Morgan fingerprint density at radius 2 is 1.27 bits per heavy atom. The summed E-state index contributed by atoms with van der Waals surface area (Å²) < 4.78 is 49.5. The number of rotatable bonds is 10. The minimum Gasteiger partial charge on any atom is -0.462 e. The second-order valence-electron chi connectivity index (χ2n) is 7.47. The van der Waals surface area contributed by atoms with Crippen molar-refractivity contribution in [2.75, 3.05) is 0 Å². The second-order valence-corrected chi connectivity index (χ2v) is 7.47. The molecular formula is C29H22F2O6. The molecule has 0 saturated heterocycles. The molecule has 0 saturated carbocycles.